The highest BCUT2D eigenvalue weighted by Crippen LogP contribution is 2.43. The van der Waals surface area contributed by atoms with Gasteiger partial charge in [-0.1, -0.05) is 25.3 Å². The fourth-order valence-electron chi connectivity index (χ4n) is 4.20. The summed E-state index contributed by atoms with van der Waals surface area (Å²) in [5, 5.41) is 5.95. The number of fused-ring (bicyclic) bond motifs is 1. The second-order valence-corrected chi connectivity index (χ2v) is 7.92. The Labute approximate surface area is 167 Å². The van der Waals surface area contributed by atoms with Gasteiger partial charge in [0.25, 0.3) is 0 Å². The second-order valence-electron chi connectivity index (χ2n) is 7.92. The van der Waals surface area contributed by atoms with E-state index >= 15 is 0 Å². The molecule has 1 aliphatic carbocycles. The Kier molecular flexibility index (Phi) is 7.18. The number of amides is 2. The first-order chi connectivity index (χ1) is 13.6. The van der Waals surface area contributed by atoms with Crippen LogP contribution in [0, 0.1) is 0 Å². The molecule has 1 fully saturated rings. The predicted octanol–water partition coefficient (Wildman–Crippen LogP) is 3.08. The third kappa shape index (κ3) is 5.40. The van der Waals surface area contributed by atoms with Crippen molar-refractivity contribution in [1.82, 2.24) is 10.6 Å². The van der Waals surface area contributed by atoms with Crippen LogP contribution in [0.1, 0.15) is 63.9 Å². The summed E-state index contributed by atoms with van der Waals surface area (Å²) < 4.78 is 11.4. The number of carbonyl (C=O) groups is 2. The van der Waals surface area contributed by atoms with Crippen LogP contribution in [0.5, 0.6) is 11.5 Å². The zero-order valence-corrected chi connectivity index (χ0v) is 16.9. The topological polar surface area (TPSA) is 76.7 Å². The van der Waals surface area contributed by atoms with Crippen molar-refractivity contribution >= 4 is 11.8 Å². The van der Waals surface area contributed by atoms with Crippen LogP contribution in [-0.4, -0.2) is 38.1 Å². The summed E-state index contributed by atoms with van der Waals surface area (Å²) in [5.74, 6) is 1.74. The van der Waals surface area contributed by atoms with Gasteiger partial charge in [0.2, 0.25) is 11.8 Å². The van der Waals surface area contributed by atoms with Crippen molar-refractivity contribution in [2.75, 3.05) is 26.3 Å². The number of nitrogens with one attached hydrogen (secondary N) is 2. The summed E-state index contributed by atoms with van der Waals surface area (Å²) in [4.78, 5) is 23.2. The molecular formula is C22H32N2O4. The summed E-state index contributed by atoms with van der Waals surface area (Å²) in [6, 6.07) is 6.24. The normalized spacial score (nSPS) is 17.2. The summed E-state index contributed by atoms with van der Waals surface area (Å²) in [7, 11) is 0. The van der Waals surface area contributed by atoms with Crippen molar-refractivity contribution < 1.29 is 19.1 Å². The van der Waals surface area contributed by atoms with Crippen molar-refractivity contribution in [1.29, 1.82) is 0 Å². The lowest BCUT2D eigenvalue weighted by Crippen LogP contribution is -2.39. The molecule has 1 saturated carbocycles. The molecular weight excluding hydrogens is 356 g/mol. The molecule has 154 valence electrons. The molecule has 6 heteroatoms. The molecule has 2 aliphatic rings. The maximum atomic E-state index is 12.3. The van der Waals surface area contributed by atoms with Crippen molar-refractivity contribution in [3.05, 3.63) is 23.8 Å². The Morgan fingerprint density at radius 1 is 1.00 bits per heavy atom. The highest BCUT2D eigenvalue weighted by atomic mass is 16.6. The van der Waals surface area contributed by atoms with Crippen LogP contribution in [0.4, 0.5) is 0 Å². The zero-order chi connectivity index (χ0) is 19.8. The van der Waals surface area contributed by atoms with Crippen molar-refractivity contribution in [3.63, 3.8) is 0 Å². The van der Waals surface area contributed by atoms with E-state index in [9.17, 15) is 9.59 Å². The smallest absolute Gasteiger partial charge is 0.220 e. The molecule has 1 aromatic rings. The number of unbranched alkanes of at least 4 members (excludes halogenated alkanes) is 2. The Bertz CT molecular complexity index is 683. The van der Waals surface area contributed by atoms with Crippen molar-refractivity contribution in [2.24, 2.45) is 0 Å². The molecule has 0 saturated heterocycles. The quantitative estimate of drug-likeness (QED) is 0.638. The largest absolute Gasteiger partial charge is 0.486 e. The third-order valence-corrected chi connectivity index (χ3v) is 5.79. The number of rotatable bonds is 9. The van der Waals surface area contributed by atoms with Gasteiger partial charge in [0.1, 0.15) is 13.2 Å². The van der Waals surface area contributed by atoms with Crippen LogP contribution >= 0.6 is 0 Å². The minimum absolute atomic E-state index is 0.00116. The molecule has 6 nitrogen and oxygen atoms in total. The molecule has 0 aromatic heterocycles. The Hall–Kier alpha value is -2.24. The lowest BCUT2D eigenvalue weighted by molar-refractivity contribution is -0.121. The minimum Gasteiger partial charge on any atom is -0.486 e. The second kappa shape index (κ2) is 9.80. The first-order valence-electron chi connectivity index (χ1n) is 10.5. The highest BCUT2D eigenvalue weighted by molar-refractivity contribution is 5.76. The van der Waals surface area contributed by atoms with Gasteiger partial charge in [0, 0.05) is 31.8 Å². The minimum atomic E-state index is -0.00307. The lowest BCUT2D eigenvalue weighted by Gasteiger charge is -2.31. The third-order valence-electron chi connectivity index (χ3n) is 5.79. The average Bonchev–Trinajstić information content (AvgIpc) is 3.18. The van der Waals surface area contributed by atoms with Crippen molar-refractivity contribution in [2.45, 2.75) is 63.7 Å². The van der Waals surface area contributed by atoms with Crippen molar-refractivity contribution in [3.8, 4) is 11.5 Å². The Morgan fingerprint density at radius 2 is 1.75 bits per heavy atom. The first kappa shape index (κ1) is 20.5. The maximum Gasteiger partial charge on any atom is 0.220 e. The zero-order valence-electron chi connectivity index (χ0n) is 16.9. The standard InChI is InChI=1S/C22H32N2O4/c1-17(25)23-12-6-2-3-7-21(26)24-16-22(10-4-5-11-22)18-8-9-19-20(15-18)28-14-13-27-19/h8-9,15H,2-7,10-14,16H2,1H3,(H,23,25)(H,24,26). The fraction of sp³-hybridized carbons (Fsp3) is 0.636. The molecule has 0 spiro atoms. The van der Waals surface area contributed by atoms with Gasteiger partial charge >= 0.3 is 0 Å². The molecule has 0 atom stereocenters. The fourth-order valence-corrected chi connectivity index (χ4v) is 4.20. The number of hydrogen-bond acceptors (Lipinski definition) is 4. The maximum absolute atomic E-state index is 12.3. The Balaban J connectivity index is 1.49. The molecule has 1 aliphatic heterocycles. The molecule has 0 bridgehead atoms. The van der Waals surface area contributed by atoms with Gasteiger partial charge in [-0.05, 0) is 43.4 Å². The van der Waals surface area contributed by atoms with E-state index in [0.717, 1.165) is 43.6 Å². The Morgan fingerprint density at radius 3 is 2.50 bits per heavy atom. The van der Waals surface area contributed by atoms with Crippen LogP contribution < -0.4 is 20.1 Å². The van der Waals surface area contributed by atoms with Crippen LogP contribution in [0.3, 0.4) is 0 Å². The number of benzene rings is 1. The van der Waals surface area contributed by atoms with Crippen LogP contribution in [0.15, 0.2) is 18.2 Å². The SMILES string of the molecule is CC(=O)NCCCCCC(=O)NCC1(c2ccc3c(c2)OCCO3)CCCC1. The van der Waals surface area contributed by atoms with Gasteiger partial charge in [-0.25, -0.2) is 0 Å². The molecule has 2 N–H and O–H groups in total. The number of ether oxygens (including phenoxy) is 2. The van der Waals surface area contributed by atoms with Gasteiger partial charge in [0.05, 0.1) is 0 Å². The lowest BCUT2D eigenvalue weighted by atomic mass is 9.78. The number of carbonyl (C=O) groups excluding carboxylic acids is 2. The molecule has 0 radical (unpaired) electrons. The van der Waals surface area contributed by atoms with E-state index in [0.29, 0.717) is 32.7 Å². The number of hydrogen-bond donors (Lipinski definition) is 2. The van der Waals surface area contributed by atoms with Crippen LogP contribution in [-0.2, 0) is 15.0 Å². The van der Waals surface area contributed by atoms with Gasteiger partial charge in [-0.3, -0.25) is 9.59 Å². The molecule has 1 heterocycles. The summed E-state index contributed by atoms with van der Waals surface area (Å²) >= 11 is 0. The van der Waals surface area contributed by atoms with Crippen LogP contribution in [0.2, 0.25) is 0 Å². The van der Waals surface area contributed by atoms with E-state index in [1.165, 1.54) is 25.3 Å². The van der Waals surface area contributed by atoms with Crippen LogP contribution in [0.25, 0.3) is 0 Å². The molecule has 0 unspecified atom stereocenters. The van der Waals surface area contributed by atoms with Gasteiger partial charge in [-0.15, -0.1) is 0 Å². The van der Waals surface area contributed by atoms with E-state index in [4.69, 9.17) is 9.47 Å². The molecule has 3 rings (SSSR count). The summed E-state index contributed by atoms with van der Waals surface area (Å²) in [6.45, 7) is 4.07. The molecule has 2 amide bonds. The van der Waals surface area contributed by atoms with E-state index in [2.05, 4.69) is 22.8 Å². The van der Waals surface area contributed by atoms with Gasteiger partial charge < -0.3 is 20.1 Å². The van der Waals surface area contributed by atoms with E-state index in [1.807, 2.05) is 6.07 Å². The van der Waals surface area contributed by atoms with Gasteiger partial charge in [-0.2, -0.15) is 0 Å². The van der Waals surface area contributed by atoms with E-state index in [-0.39, 0.29) is 17.2 Å². The van der Waals surface area contributed by atoms with Gasteiger partial charge in [0.15, 0.2) is 11.5 Å². The van der Waals surface area contributed by atoms with E-state index < -0.39 is 0 Å². The monoisotopic (exact) mass is 388 g/mol. The van der Waals surface area contributed by atoms with E-state index in [1.54, 1.807) is 0 Å². The molecule has 1 aromatic carbocycles. The average molecular weight is 389 g/mol. The molecule has 28 heavy (non-hydrogen) atoms. The predicted molar refractivity (Wildman–Crippen MR) is 108 cm³/mol. The first-order valence-corrected chi connectivity index (χ1v) is 10.5. The highest BCUT2D eigenvalue weighted by Gasteiger charge is 2.36. The summed E-state index contributed by atoms with van der Waals surface area (Å²) in [5.41, 5.74) is 1.24. The summed E-state index contributed by atoms with van der Waals surface area (Å²) in [6.07, 6.45) is 7.79.